The number of carbonyl (C=O) groups is 1. The van der Waals surface area contributed by atoms with Crippen LogP contribution in [-0.4, -0.2) is 16.1 Å². The van der Waals surface area contributed by atoms with Crippen LogP contribution in [0.4, 0.5) is 5.69 Å². The molecule has 0 saturated heterocycles. The molecule has 18 heavy (non-hydrogen) atoms. The molecule has 1 aromatic heterocycles. The van der Waals surface area contributed by atoms with E-state index < -0.39 is 5.97 Å². The Morgan fingerprint density at radius 3 is 2.72 bits per heavy atom. The molecule has 94 valence electrons. The van der Waals surface area contributed by atoms with Crippen molar-refractivity contribution in [2.24, 2.45) is 0 Å². The second-order valence-corrected chi connectivity index (χ2v) is 4.78. The summed E-state index contributed by atoms with van der Waals surface area (Å²) in [7, 11) is 0. The summed E-state index contributed by atoms with van der Waals surface area (Å²) in [5.41, 5.74) is 6.93. The van der Waals surface area contributed by atoms with Crippen LogP contribution < -0.4 is 5.73 Å². The predicted octanol–water partition coefficient (Wildman–Crippen LogP) is 2.72. The van der Waals surface area contributed by atoms with Crippen LogP contribution in [-0.2, 0) is 0 Å². The first kappa shape index (κ1) is 12.5. The fourth-order valence-electron chi connectivity index (χ4n) is 1.38. The molecule has 0 aliphatic carbocycles. The highest BCUT2D eigenvalue weighted by Gasteiger charge is 2.15. The van der Waals surface area contributed by atoms with Gasteiger partial charge in [-0.25, -0.2) is 9.78 Å². The number of carboxylic acids is 1. The van der Waals surface area contributed by atoms with Gasteiger partial charge in [-0.15, -0.1) is 0 Å². The zero-order chi connectivity index (χ0) is 13.3. The molecular weight excluding hydrogens is 252 g/mol. The van der Waals surface area contributed by atoms with Crippen LogP contribution >= 0.6 is 11.8 Å². The number of rotatable bonds is 3. The first-order valence-corrected chi connectivity index (χ1v) is 6.03. The quantitative estimate of drug-likeness (QED) is 0.828. The Balaban J connectivity index is 2.36. The first-order valence-electron chi connectivity index (χ1n) is 5.22. The Hall–Kier alpha value is -1.95. The summed E-state index contributed by atoms with van der Waals surface area (Å²) >= 11 is 1.17. The average Bonchev–Trinajstić information content (AvgIpc) is 2.60. The molecule has 2 rings (SSSR count). The van der Waals surface area contributed by atoms with E-state index in [-0.39, 0.29) is 5.56 Å². The zero-order valence-corrected chi connectivity index (χ0v) is 10.7. The number of benzene rings is 1. The number of nitrogen functional groups attached to an aromatic ring is 1. The molecule has 1 heterocycles. The molecule has 0 fully saturated rings. The number of hydrogen-bond donors (Lipinski definition) is 2. The maximum absolute atomic E-state index is 11.1. The molecule has 0 amide bonds. The highest BCUT2D eigenvalue weighted by atomic mass is 32.2. The summed E-state index contributed by atoms with van der Waals surface area (Å²) in [6, 6.07) is 4.73. The summed E-state index contributed by atoms with van der Waals surface area (Å²) in [6.07, 6.45) is 0. The van der Waals surface area contributed by atoms with Gasteiger partial charge in [0.05, 0.1) is 11.3 Å². The molecule has 0 saturated carbocycles. The van der Waals surface area contributed by atoms with Crippen LogP contribution in [0.3, 0.4) is 0 Å². The standard InChI is InChI=1S/C12H12N2O3S/c1-6-7(2)17-12(14-6)18-10-4-3-8(13)5-9(10)11(15)16/h3-5H,13H2,1-2H3,(H,15,16). The van der Waals surface area contributed by atoms with Crippen molar-refractivity contribution in [3.05, 3.63) is 35.2 Å². The van der Waals surface area contributed by atoms with Crippen molar-refractivity contribution in [3.8, 4) is 0 Å². The minimum atomic E-state index is -1.02. The Morgan fingerprint density at radius 1 is 1.44 bits per heavy atom. The Morgan fingerprint density at radius 2 is 2.17 bits per heavy atom. The molecule has 2 aromatic rings. The Labute approximate surface area is 108 Å². The van der Waals surface area contributed by atoms with Crippen molar-refractivity contribution in [3.63, 3.8) is 0 Å². The fourth-order valence-corrected chi connectivity index (χ4v) is 2.31. The topological polar surface area (TPSA) is 89.3 Å². The van der Waals surface area contributed by atoms with E-state index in [4.69, 9.17) is 15.3 Å². The fraction of sp³-hybridized carbons (Fsp3) is 0.167. The lowest BCUT2D eigenvalue weighted by atomic mass is 10.2. The van der Waals surface area contributed by atoms with E-state index in [2.05, 4.69) is 4.98 Å². The monoisotopic (exact) mass is 264 g/mol. The molecule has 0 atom stereocenters. The number of aryl methyl sites for hydroxylation is 2. The number of nitrogens with zero attached hydrogens (tertiary/aromatic N) is 1. The molecule has 1 aromatic carbocycles. The van der Waals surface area contributed by atoms with Gasteiger partial charge >= 0.3 is 5.97 Å². The Kier molecular flexibility index (Phi) is 3.29. The molecule has 6 heteroatoms. The second kappa shape index (κ2) is 4.73. The van der Waals surface area contributed by atoms with Gasteiger partial charge in [-0.1, -0.05) is 0 Å². The van der Waals surface area contributed by atoms with E-state index >= 15 is 0 Å². The van der Waals surface area contributed by atoms with E-state index in [0.717, 1.165) is 11.5 Å². The first-order chi connectivity index (χ1) is 8.47. The maximum Gasteiger partial charge on any atom is 0.336 e. The third-order valence-electron chi connectivity index (χ3n) is 2.44. The minimum absolute atomic E-state index is 0.147. The van der Waals surface area contributed by atoms with Gasteiger partial charge in [0.15, 0.2) is 0 Å². The summed E-state index contributed by atoms with van der Waals surface area (Å²) in [6.45, 7) is 3.65. The molecule has 5 nitrogen and oxygen atoms in total. The van der Waals surface area contributed by atoms with Gasteiger partial charge in [-0.3, -0.25) is 0 Å². The van der Waals surface area contributed by atoms with E-state index in [1.807, 2.05) is 13.8 Å². The molecular formula is C12H12N2O3S. The molecule has 3 N–H and O–H groups in total. The summed E-state index contributed by atoms with van der Waals surface area (Å²) < 4.78 is 5.41. The normalized spacial score (nSPS) is 10.6. The third kappa shape index (κ3) is 2.48. The highest BCUT2D eigenvalue weighted by molar-refractivity contribution is 7.99. The number of carboxylic acid groups (broad SMARTS) is 1. The molecule has 0 aliphatic rings. The van der Waals surface area contributed by atoms with Crippen molar-refractivity contribution >= 4 is 23.4 Å². The molecule has 0 spiro atoms. The summed E-state index contributed by atoms with van der Waals surface area (Å²) in [4.78, 5) is 15.9. The number of anilines is 1. The van der Waals surface area contributed by atoms with Gasteiger partial charge < -0.3 is 15.3 Å². The van der Waals surface area contributed by atoms with Crippen molar-refractivity contribution in [1.82, 2.24) is 4.98 Å². The van der Waals surface area contributed by atoms with Crippen LogP contribution in [0.5, 0.6) is 0 Å². The lowest BCUT2D eigenvalue weighted by molar-refractivity contribution is 0.0693. The van der Waals surface area contributed by atoms with E-state index in [0.29, 0.717) is 15.8 Å². The SMILES string of the molecule is Cc1nc(Sc2ccc(N)cc2C(=O)O)oc1C. The molecule has 0 bridgehead atoms. The number of nitrogens with two attached hydrogens (primary N) is 1. The van der Waals surface area contributed by atoms with Crippen molar-refractivity contribution in [1.29, 1.82) is 0 Å². The van der Waals surface area contributed by atoms with Gasteiger partial charge in [0, 0.05) is 10.6 Å². The number of aromatic carboxylic acids is 1. The largest absolute Gasteiger partial charge is 0.478 e. The molecule has 0 unspecified atom stereocenters. The predicted molar refractivity (Wildman–Crippen MR) is 67.9 cm³/mol. The second-order valence-electron chi connectivity index (χ2n) is 3.78. The molecule has 0 radical (unpaired) electrons. The number of oxazole rings is 1. The van der Waals surface area contributed by atoms with Crippen LogP contribution in [0.15, 0.2) is 32.7 Å². The third-order valence-corrected chi connectivity index (χ3v) is 3.37. The smallest absolute Gasteiger partial charge is 0.336 e. The average molecular weight is 264 g/mol. The van der Waals surface area contributed by atoms with Gasteiger partial charge in [-0.05, 0) is 43.8 Å². The van der Waals surface area contributed by atoms with E-state index in [1.54, 1.807) is 12.1 Å². The molecule has 0 aliphatic heterocycles. The van der Waals surface area contributed by atoms with E-state index in [9.17, 15) is 4.79 Å². The number of aromatic nitrogens is 1. The lowest BCUT2D eigenvalue weighted by Gasteiger charge is -2.04. The maximum atomic E-state index is 11.1. The van der Waals surface area contributed by atoms with Crippen molar-refractivity contribution in [2.75, 3.05) is 5.73 Å². The highest BCUT2D eigenvalue weighted by Crippen LogP contribution is 2.32. The van der Waals surface area contributed by atoms with Crippen molar-refractivity contribution in [2.45, 2.75) is 24.0 Å². The Bertz CT molecular complexity index is 588. The minimum Gasteiger partial charge on any atom is -0.478 e. The summed E-state index contributed by atoms with van der Waals surface area (Å²) in [5.74, 6) is -0.297. The van der Waals surface area contributed by atoms with Crippen LogP contribution in [0.2, 0.25) is 0 Å². The number of hydrogen-bond acceptors (Lipinski definition) is 5. The van der Waals surface area contributed by atoms with Gasteiger partial charge in [0.25, 0.3) is 5.22 Å². The van der Waals surface area contributed by atoms with Crippen LogP contribution in [0.25, 0.3) is 0 Å². The van der Waals surface area contributed by atoms with Crippen LogP contribution in [0.1, 0.15) is 21.8 Å². The van der Waals surface area contributed by atoms with Crippen molar-refractivity contribution < 1.29 is 14.3 Å². The van der Waals surface area contributed by atoms with Gasteiger partial charge in [0.2, 0.25) is 0 Å². The lowest BCUT2D eigenvalue weighted by Crippen LogP contribution is -2.00. The van der Waals surface area contributed by atoms with Gasteiger partial charge in [-0.2, -0.15) is 0 Å². The van der Waals surface area contributed by atoms with E-state index in [1.165, 1.54) is 17.8 Å². The van der Waals surface area contributed by atoms with Crippen LogP contribution in [0, 0.1) is 13.8 Å². The zero-order valence-electron chi connectivity index (χ0n) is 9.93. The van der Waals surface area contributed by atoms with Gasteiger partial charge in [0.1, 0.15) is 5.76 Å². The summed E-state index contributed by atoms with van der Waals surface area (Å²) in [5, 5.41) is 9.54.